The Hall–Kier alpha value is -2.94. The molecule has 1 amide bonds. The van der Waals surface area contributed by atoms with E-state index in [0.29, 0.717) is 22.3 Å². The number of carbonyl (C=O) groups is 1. The summed E-state index contributed by atoms with van der Waals surface area (Å²) in [5, 5.41) is 3.13. The van der Waals surface area contributed by atoms with Gasteiger partial charge in [-0.05, 0) is 71.4 Å². The molecule has 0 aliphatic carbocycles. The molecule has 4 rings (SSSR count). The second-order valence-electron chi connectivity index (χ2n) is 7.13. The van der Waals surface area contributed by atoms with Crippen molar-refractivity contribution in [2.45, 2.75) is 12.8 Å². The van der Waals surface area contributed by atoms with Crippen LogP contribution in [0, 0.1) is 0 Å². The molecular weight excluding hydrogens is 508 g/mol. The van der Waals surface area contributed by atoms with E-state index in [0.717, 1.165) is 35.0 Å². The molecule has 174 valence electrons. The Labute approximate surface area is 207 Å². The SMILES string of the molecule is O=C1NC(=Nc2ccc(Cl)cc2C(F)(F)F)S/C1=C\c1ccc(OCc2ccc(Cl)cc2)cc1. The molecule has 0 spiro atoms. The molecule has 1 saturated heterocycles. The molecule has 0 aromatic heterocycles. The summed E-state index contributed by atoms with van der Waals surface area (Å²) in [6, 6.07) is 17.7. The topological polar surface area (TPSA) is 50.7 Å². The standard InChI is InChI=1S/C24H15Cl2F3N2O2S/c25-16-5-1-15(2-6-16)13-33-18-8-3-14(4-9-18)11-21-22(32)31-23(34-21)30-20-10-7-17(26)12-19(20)24(27,28)29/h1-12H,13H2,(H,30,31,32)/b21-11-. The molecule has 1 heterocycles. The molecule has 1 aliphatic heterocycles. The van der Waals surface area contributed by atoms with Gasteiger partial charge in [-0.1, -0.05) is 47.5 Å². The molecule has 3 aromatic carbocycles. The zero-order valence-corrected chi connectivity index (χ0v) is 19.5. The minimum Gasteiger partial charge on any atom is -0.489 e. The molecule has 34 heavy (non-hydrogen) atoms. The highest BCUT2D eigenvalue weighted by molar-refractivity contribution is 8.18. The lowest BCUT2D eigenvalue weighted by atomic mass is 10.2. The third kappa shape index (κ3) is 6.14. The monoisotopic (exact) mass is 522 g/mol. The number of halogens is 5. The first kappa shape index (κ1) is 24.2. The third-order valence-electron chi connectivity index (χ3n) is 4.63. The number of nitrogens with zero attached hydrogens (tertiary/aromatic N) is 1. The number of nitrogens with one attached hydrogen (secondary N) is 1. The number of benzene rings is 3. The maximum atomic E-state index is 13.3. The number of hydrogen-bond acceptors (Lipinski definition) is 4. The van der Waals surface area contributed by atoms with E-state index in [1.807, 2.05) is 12.1 Å². The molecule has 0 bridgehead atoms. The summed E-state index contributed by atoms with van der Waals surface area (Å²) in [4.78, 5) is 16.6. The van der Waals surface area contributed by atoms with Gasteiger partial charge in [0.15, 0.2) is 5.17 Å². The summed E-state index contributed by atoms with van der Waals surface area (Å²) in [7, 11) is 0. The molecular formula is C24H15Cl2F3N2O2S. The van der Waals surface area contributed by atoms with Gasteiger partial charge in [0.2, 0.25) is 0 Å². The van der Waals surface area contributed by atoms with Crippen LogP contribution in [0.3, 0.4) is 0 Å². The van der Waals surface area contributed by atoms with Crippen molar-refractivity contribution < 1.29 is 22.7 Å². The molecule has 0 saturated carbocycles. The first-order valence-corrected chi connectivity index (χ1v) is 11.4. The number of alkyl halides is 3. The Morgan fingerprint density at radius 2 is 1.65 bits per heavy atom. The smallest absolute Gasteiger partial charge is 0.418 e. The number of ether oxygens (including phenoxy) is 1. The maximum Gasteiger partial charge on any atom is 0.418 e. The molecule has 10 heteroatoms. The van der Waals surface area contributed by atoms with Crippen LogP contribution < -0.4 is 10.1 Å². The predicted molar refractivity (Wildman–Crippen MR) is 129 cm³/mol. The Bertz CT molecular complexity index is 1270. The van der Waals surface area contributed by atoms with Crippen LogP contribution in [0.5, 0.6) is 5.75 Å². The van der Waals surface area contributed by atoms with E-state index in [9.17, 15) is 18.0 Å². The number of aliphatic imine (C=N–C) groups is 1. The van der Waals surface area contributed by atoms with Crippen LogP contribution in [0.15, 0.2) is 76.6 Å². The van der Waals surface area contributed by atoms with E-state index in [-0.39, 0.29) is 15.9 Å². The van der Waals surface area contributed by atoms with Crippen molar-refractivity contribution in [3.63, 3.8) is 0 Å². The van der Waals surface area contributed by atoms with Gasteiger partial charge in [0.1, 0.15) is 12.4 Å². The summed E-state index contributed by atoms with van der Waals surface area (Å²) < 4.78 is 45.6. The van der Waals surface area contributed by atoms with E-state index in [1.165, 1.54) is 6.07 Å². The second kappa shape index (κ2) is 10.1. The number of carbonyl (C=O) groups excluding carboxylic acids is 1. The maximum absolute atomic E-state index is 13.3. The lowest BCUT2D eigenvalue weighted by Crippen LogP contribution is -2.19. The quantitative estimate of drug-likeness (QED) is 0.353. The Morgan fingerprint density at radius 3 is 2.32 bits per heavy atom. The highest BCUT2D eigenvalue weighted by Gasteiger charge is 2.34. The lowest BCUT2D eigenvalue weighted by molar-refractivity contribution is -0.137. The lowest BCUT2D eigenvalue weighted by Gasteiger charge is -2.10. The van der Waals surface area contributed by atoms with Gasteiger partial charge < -0.3 is 10.1 Å². The number of thioether (sulfide) groups is 1. The van der Waals surface area contributed by atoms with Gasteiger partial charge >= 0.3 is 6.18 Å². The first-order chi connectivity index (χ1) is 16.2. The van der Waals surface area contributed by atoms with Crippen LogP contribution in [-0.2, 0) is 17.6 Å². The molecule has 0 atom stereocenters. The molecule has 1 aliphatic rings. The highest BCUT2D eigenvalue weighted by Crippen LogP contribution is 2.39. The average Bonchev–Trinajstić information content (AvgIpc) is 3.13. The Kier molecular flexibility index (Phi) is 7.21. The van der Waals surface area contributed by atoms with Crippen molar-refractivity contribution in [3.8, 4) is 5.75 Å². The highest BCUT2D eigenvalue weighted by atomic mass is 35.5. The van der Waals surface area contributed by atoms with Crippen molar-refractivity contribution in [3.05, 3.63) is 98.4 Å². The van der Waals surface area contributed by atoms with E-state index in [4.69, 9.17) is 27.9 Å². The van der Waals surface area contributed by atoms with Crippen molar-refractivity contribution in [2.24, 2.45) is 4.99 Å². The first-order valence-electron chi connectivity index (χ1n) is 9.81. The molecule has 1 fully saturated rings. The molecule has 0 radical (unpaired) electrons. The third-order valence-corrected chi connectivity index (χ3v) is 6.03. The largest absolute Gasteiger partial charge is 0.489 e. The van der Waals surface area contributed by atoms with E-state index in [1.54, 1.807) is 42.5 Å². The minimum atomic E-state index is -4.63. The van der Waals surface area contributed by atoms with Gasteiger partial charge in [0.25, 0.3) is 5.91 Å². The summed E-state index contributed by atoms with van der Waals surface area (Å²) in [6.45, 7) is 0.375. The van der Waals surface area contributed by atoms with Gasteiger partial charge in [-0.2, -0.15) is 13.2 Å². The van der Waals surface area contributed by atoms with Gasteiger partial charge in [-0.25, -0.2) is 4.99 Å². The summed E-state index contributed by atoms with van der Waals surface area (Å²) in [5.41, 5.74) is 0.383. The van der Waals surface area contributed by atoms with Crippen LogP contribution >= 0.6 is 35.0 Å². The summed E-state index contributed by atoms with van der Waals surface area (Å²) >= 11 is 12.5. The summed E-state index contributed by atoms with van der Waals surface area (Å²) in [5.74, 6) is 0.194. The van der Waals surface area contributed by atoms with Crippen molar-refractivity contribution in [2.75, 3.05) is 0 Å². The molecule has 3 aromatic rings. The average molecular weight is 523 g/mol. The summed E-state index contributed by atoms with van der Waals surface area (Å²) in [6.07, 6.45) is -3.01. The zero-order valence-electron chi connectivity index (χ0n) is 17.2. The van der Waals surface area contributed by atoms with Gasteiger partial charge in [-0.3, -0.25) is 4.79 Å². The fourth-order valence-corrected chi connectivity index (χ4v) is 4.11. The predicted octanol–water partition coefficient (Wildman–Crippen LogP) is 7.48. The van der Waals surface area contributed by atoms with Gasteiger partial charge in [-0.15, -0.1) is 0 Å². The van der Waals surface area contributed by atoms with E-state index < -0.39 is 17.6 Å². The zero-order chi connectivity index (χ0) is 24.3. The Morgan fingerprint density at radius 1 is 0.971 bits per heavy atom. The Balaban J connectivity index is 1.45. The number of hydrogen-bond donors (Lipinski definition) is 1. The van der Waals surface area contributed by atoms with E-state index in [2.05, 4.69) is 10.3 Å². The van der Waals surface area contributed by atoms with E-state index >= 15 is 0 Å². The van der Waals surface area contributed by atoms with Crippen LogP contribution in [-0.4, -0.2) is 11.1 Å². The fraction of sp³-hybridized carbons (Fsp3) is 0.0833. The number of amides is 1. The molecule has 0 unspecified atom stereocenters. The van der Waals surface area contributed by atoms with Gasteiger partial charge in [0.05, 0.1) is 16.2 Å². The van der Waals surface area contributed by atoms with Crippen LogP contribution in [0.1, 0.15) is 16.7 Å². The van der Waals surface area contributed by atoms with Crippen LogP contribution in [0.2, 0.25) is 10.0 Å². The number of amidine groups is 1. The minimum absolute atomic E-state index is 0.0481. The fourth-order valence-electron chi connectivity index (χ4n) is 2.98. The van der Waals surface area contributed by atoms with Gasteiger partial charge in [0, 0.05) is 10.0 Å². The van der Waals surface area contributed by atoms with Crippen molar-refractivity contribution >= 4 is 57.8 Å². The van der Waals surface area contributed by atoms with Crippen molar-refractivity contribution in [1.29, 1.82) is 0 Å². The van der Waals surface area contributed by atoms with Crippen LogP contribution in [0.4, 0.5) is 18.9 Å². The molecule has 1 N–H and O–H groups in total. The normalized spacial score (nSPS) is 16.2. The van der Waals surface area contributed by atoms with Crippen LogP contribution in [0.25, 0.3) is 6.08 Å². The molecule has 4 nitrogen and oxygen atoms in total. The van der Waals surface area contributed by atoms with Crippen molar-refractivity contribution in [1.82, 2.24) is 5.32 Å². The second-order valence-corrected chi connectivity index (χ2v) is 9.03. The number of rotatable bonds is 5.